The average Bonchev–Trinajstić information content (AvgIpc) is 2.05. The fraction of sp³-hybridized carbons (Fsp3) is 0.900. The zero-order valence-electron chi connectivity index (χ0n) is 9.02. The van der Waals surface area contributed by atoms with Crippen LogP contribution in [0.1, 0.15) is 41.0 Å². The summed E-state index contributed by atoms with van der Waals surface area (Å²) >= 11 is 0. The number of amidine groups is 1. The molecular weight excluding hydrogens is 148 g/mol. The Labute approximate surface area is 76.5 Å². The maximum atomic E-state index is 7.86. The third kappa shape index (κ3) is 2.84. The number of hydrogen-bond donors (Lipinski definition) is 1. The lowest BCUT2D eigenvalue weighted by atomic mass is 10.1. The van der Waals surface area contributed by atoms with Crippen LogP contribution >= 0.6 is 0 Å². The second-order valence-electron chi connectivity index (χ2n) is 3.58. The van der Waals surface area contributed by atoms with E-state index in [9.17, 15) is 0 Å². The van der Waals surface area contributed by atoms with Crippen LogP contribution in [0, 0.1) is 11.3 Å². The first-order chi connectivity index (χ1) is 5.54. The molecule has 0 bridgehead atoms. The van der Waals surface area contributed by atoms with Crippen molar-refractivity contribution in [3.05, 3.63) is 0 Å². The van der Waals surface area contributed by atoms with Crippen molar-refractivity contribution in [3.8, 4) is 0 Å². The Morgan fingerprint density at radius 1 is 1.25 bits per heavy atom. The standard InChI is InChI=1S/C10H22N2/c1-6-9(5)12(7-2)10(11)8(3)4/h8-9,11H,6-7H2,1-5H3. The first kappa shape index (κ1) is 11.5. The van der Waals surface area contributed by atoms with Gasteiger partial charge in [0, 0.05) is 18.5 Å². The van der Waals surface area contributed by atoms with Crippen molar-refractivity contribution in [3.63, 3.8) is 0 Å². The van der Waals surface area contributed by atoms with Crippen LogP contribution < -0.4 is 0 Å². The molecular formula is C10H22N2. The highest BCUT2D eigenvalue weighted by molar-refractivity contribution is 5.81. The molecule has 0 aliphatic rings. The molecule has 0 spiro atoms. The quantitative estimate of drug-likeness (QED) is 0.510. The number of nitrogens with one attached hydrogen (secondary N) is 1. The zero-order chi connectivity index (χ0) is 9.72. The lowest BCUT2D eigenvalue weighted by Gasteiger charge is -2.31. The molecule has 0 aromatic carbocycles. The number of nitrogens with zero attached hydrogens (tertiary/aromatic N) is 1. The molecule has 2 nitrogen and oxygen atoms in total. The van der Waals surface area contributed by atoms with E-state index in [4.69, 9.17) is 5.41 Å². The molecule has 0 aliphatic carbocycles. The Hall–Kier alpha value is -0.530. The van der Waals surface area contributed by atoms with Crippen molar-refractivity contribution in [2.45, 2.75) is 47.1 Å². The number of rotatable bonds is 4. The molecule has 1 N–H and O–H groups in total. The van der Waals surface area contributed by atoms with E-state index in [1.807, 2.05) is 0 Å². The fourth-order valence-electron chi connectivity index (χ4n) is 1.27. The van der Waals surface area contributed by atoms with Crippen LogP contribution in [0.25, 0.3) is 0 Å². The summed E-state index contributed by atoms with van der Waals surface area (Å²) in [6.45, 7) is 11.6. The molecule has 0 aliphatic heterocycles. The van der Waals surface area contributed by atoms with Gasteiger partial charge >= 0.3 is 0 Å². The lowest BCUT2D eigenvalue weighted by Crippen LogP contribution is -2.40. The second-order valence-corrected chi connectivity index (χ2v) is 3.58. The van der Waals surface area contributed by atoms with Crippen LogP contribution in [-0.2, 0) is 0 Å². The first-order valence-electron chi connectivity index (χ1n) is 4.89. The molecule has 0 saturated heterocycles. The SMILES string of the molecule is CCC(C)N(CC)C(=N)C(C)C. The van der Waals surface area contributed by atoms with Gasteiger partial charge in [0.05, 0.1) is 5.84 Å². The van der Waals surface area contributed by atoms with Crippen LogP contribution in [0.15, 0.2) is 0 Å². The summed E-state index contributed by atoms with van der Waals surface area (Å²) in [4.78, 5) is 2.17. The van der Waals surface area contributed by atoms with Crippen molar-refractivity contribution in [2.24, 2.45) is 5.92 Å². The van der Waals surface area contributed by atoms with Crippen LogP contribution in [0.3, 0.4) is 0 Å². The third-order valence-corrected chi connectivity index (χ3v) is 2.32. The Balaban J connectivity index is 4.24. The molecule has 0 aromatic rings. The summed E-state index contributed by atoms with van der Waals surface area (Å²) in [5.74, 6) is 1.12. The molecule has 72 valence electrons. The highest BCUT2D eigenvalue weighted by Crippen LogP contribution is 2.08. The Kier molecular flexibility index (Phi) is 4.95. The predicted octanol–water partition coefficient (Wildman–Crippen LogP) is 2.74. The van der Waals surface area contributed by atoms with Gasteiger partial charge in [-0.05, 0) is 20.3 Å². The van der Waals surface area contributed by atoms with Crippen LogP contribution in [0.4, 0.5) is 0 Å². The fourth-order valence-corrected chi connectivity index (χ4v) is 1.27. The minimum Gasteiger partial charge on any atom is -0.358 e. The highest BCUT2D eigenvalue weighted by Gasteiger charge is 2.15. The van der Waals surface area contributed by atoms with Gasteiger partial charge in [-0.25, -0.2) is 0 Å². The van der Waals surface area contributed by atoms with Gasteiger partial charge in [0.1, 0.15) is 0 Å². The normalized spacial score (nSPS) is 13.2. The molecule has 0 saturated carbocycles. The van der Waals surface area contributed by atoms with Crippen molar-refractivity contribution in [2.75, 3.05) is 6.54 Å². The molecule has 0 aromatic heterocycles. The van der Waals surface area contributed by atoms with Gasteiger partial charge < -0.3 is 4.90 Å². The summed E-state index contributed by atoms with van der Waals surface area (Å²) in [6, 6.07) is 0.505. The van der Waals surface area contributed by atoms with E-state index in [1.54, 1.807) is 0 Å². The maximum Gasteiger partial charge on any atom is 0.0986 e. The van der Waals surface area contributed by atoms with Gasteiger partial charge in [-0.1, -0.05) is 20.8 Å². The minimum atomic E-state index is 0.346. The van der Waals surface area contributed by atoms with Crippen molar-refractivity contribution in [1.29, 1.82) is 5.41 Å². The third-order valence-electron chi connectivity index (χ3n) is 2.32. The van der Waals surface area contributed by atoms with Gasteiger partial charge in [0.25, 0.3) is 0 Å². The summed E-state index contributed by atoms with van der Waals surface area (Å²) < 4.78 is 0. The summed E-state index contributed by atoms with van der Waals surface area (Å²) in [7, 11) is 0. The summed E-state index contributed by atoms with van der Waals surface area (Å²) in [5.41, 5.74) is 0. The Bertz CT molecular complexity index is 141. The molecule has 12 heavy (non-hydrogen) atoms. The van der Waals surface area contributed by atoms with E-state index in [0.717, 1.165) is 18.8 Å². The topological polar surface area (TPSA) is 27.1 Å². The molecule has 2 heteroatoms. The first-order valence-corrected chi connectivity index (χ1v) is 4.89. The van der Waals surface area contributed by atoms with E-state index in [-0.39, 0.29) is 0 Å². The van der Waals surface area contributed by atoms with Crippen LogP contribution in [0.2, 0.25) is 0 Å². The van der Waals surface area contributed by atoms with Gasteiger partial charge in [0.15, 0.2) is 0 Å². The van der Waals surface area contributed by atoms with Gasteiger partial charge in [-0.2, -0.15) is 0 Å². The summed E-state index contributed by atoms with van der Waals surface area (Å²) in [6.07, 6.45) is 1.11. The molecule has 0 rings (SSSR count). The smallest absolute Gasteiger partial charge is 0.0986 e. The largest absolute Gasteiger partial charge is 0.358 e. The molecule has 0 amide bonds. The lowest BCUT2D eigenvalue weighted by molar-refractivity contribution is 0.321. The van der Waals surface area contributed by atoms with E-state index in [0.29, 0.717) is 12.0 Å². The second kappa shape index (κ2) is 5.18. The maximum absolute atomic E-state index is 7.86. The Morgan fingerprint density at radius 3 is 2.00 bits per heavy atom. The van der Waals surface area contributed by atoms with Gasteiger partial charge in [-0.3, -0.25) is 5.41 Å². The van der Waals surface area contributed by atoms with E-state index in [2.05, 4.69) is 39.5 Å². The molecule has 0 radical (unpaired) electrons. The average molecular weight is 170 g/mol. The van der Waals surface area contributed by atoms with Gasteiger partial charge in [0.2, 0.25) is 0 Å². The van der Waals surface area contributed by atoms with E-state index in [1.165, 1.54) is 0 Å². The summed E-state index contributed by atoms with van der Waals surface area (Å²) in [5, 5.41) is 7.86. The van der Waals surface area contributed by atoms with Crippen LogP contribution in [0.5, 0.6) is 0 Å². The monoisotopic (exact) mass is 170 g/mol. The Morgan fingerprint density at radius 2 is 1.75 bits per heavy atom. The molecule has 0 heterocycles. The van der Waals surface area contributed by atoms with Gasteiger partial charge in [-0.15, -0.1) is 0 Å². The van der Waals surface area contributed by atoms with E-state index >= 15 is 0 Å². The van der Waals surface area contributed by atoms with Crippen molar-refractivity contribution >= 4 is 5.84 Å². The highest BCUT2D eigenvalue weighted by atomic mass is 15.2. The molecule has 1 unspecified atom stereocenters. The predicted molar refractivity (Wildman–Crippen MR) is 54.7 cm³/mol. The zero-order valence-corrected chi connectivity index (χ0v) is 9.02. The van der Waals surface area contributed by atoms with Crippen LogP contribution in [-0.4, -0.2) is 23.3 Å². The molecule has 0 fully saturated rings. The van der Waals surface area contributed by atoms with Crippen molar-refractivity contribution in [1.82, 2.24) is 4.90 Å². The molecule has 1 atom stereocenters. The van der Waals surface area contributed by atoms with Crippen molar-refractivity contribution < 1.29 is 0 Å². The van der Waals surface area contributed by atoms with E-state index < -0.39 is 0 Å². The number of hydrogen-bond acceptors (Lipinski definition) is 1. The minimum absolute atomic E-state index is 0.346.